The lowest BCUT2D eigenvalue weighted by Gasteiger charge is -2.39. The summed E-state index contributed by atoms with van der Waals surface area (Å²) in [6.45, 7) is 6.50. The highest BCUT2D eigenvalue weighted by Gasteiger charge is 2.38. The van der Waals surface area contributed by atoms with Crippen molar-refractivity contribution in [3.8, 4) is 0 Å². The van der Waals surface area contributed by atoms with Crippen LogP contribution in [0.5, 0.6) is 0 Å². The quantitative estimate of drug-likeness (QED) is 0.773. The van der Waals surface area contributed by atoms with Crippen LogP contribution in [0.15, 0.2) is 0 Å². The summed E-state index contributed by atoms with van der Waals surface area (Å²) in [7, 11) is 0. The largest absolute Gasteiger partial charge is 0.339 e. The number of carbonyl (C=O) groups excluding carboxylic acids is 2. The van der Waals surface area contributed by atoms with E-state index >= 15 is 0 Å². The molecule has 2 rings (SSSR count). The average molecular weight is 253 g/mol. The molecule has 0 aromatic carbocycles. The van der Waals surface area contributed by atoms with Gasteiger partial charge >= 0.3 is 0 Å². The zero-order valence-corrected chi connectivity index (χ0v) is 11.3. The Kier molecular flexibility index (Phi) is 3.90. The Labute approximate surface area is 108 Å². The third kappa shape index (κ3) is 2.36. The minimum atomic E-state index is -0.0892. The number of piperazine rings is 1. The summed E-state index contributed by atoms with van der Waals surface area (Å²) in [6.07, 6.45) is 1.52. The molecule has 18 heavy (non-hydrogen) atoms. The van der Waals surface area contributed by atoms with E-state index in [1.165, 1.54) is 0 Å². The fourth-order valence-corrected chi connectivity index (χ4v) is 2.96. The van der Waals surface area contributed by atoms with E-state index in [2.05, 4.69) is 0 Å². The molecule has 2 N–H and O–H groups in total. The molecular formula is C13H23N3O2. The van der Waals surface area contributed by atoms with E-state index in [4.69, 9.17) is 5.73 Å². The third-order valence-corrected chi connectivity index (χ3v) is 4.18. The summed E-state index contributed by atoms with van der Waals surface area (Å²) in [4.78, 5) is 27.8. The lowest BCUT2D eigenvalue weighted by atomic mass is 9.94. The lowest BCUT2D eigenvalue weighted by Crippen LogP contribution is -2.55. The maximum atomic E-state index is 12.4. The van der Waals surface area contributed by atoms with Gasteiger partial charge in [-0.3, -0.25) is 9.59 Å². The minimum Gasteiger partial charge on any atom is -0.339 e. The van der Waals surface area contributed by atoms with Crippen molar-refractivity contribution in [2.24, 2.45) is 17.6 Å². The normalized spacial score (nSPS) is 25.6. The van der Waals surface area contributed by atoms with Crippen LogP contribution in [0.2, 0.25) is 0 Å². The molecule has 2 heterocycles. The summed E-state index contributed by atoms with van der Waals surface area (Å²) in [5, 5.41) is 0. The van der Waals surface area contributed by atoms with Crippen LogP contribution in [0.25, 0.3) is 0 Å². The summed E-state index contributed by atoms with van der Waals surface area (Å²) < 4.78 is 0. The number of fused-ring (bicyclic) bond motifs is 1. The molecule has 2 aliphatic rings. The van der Waals surface area contributed by atoms with Crippen LogP contribution >= 0.6 is 0 Å². The number of hydrogen-bond acceptors (Lipinski definition) is 3. The monoisotopic (exact) mass is 253 g/mol. The van der Waals surface area contributed by atoms with E-state index in [1.54, 1.807) is 0 Å². The van der Waals surface area contributed by atoms with Gasteiger partial charge in [0.1, 0.15) is 0 Å². The van der Waals surface area contributed by atoms with Gasteiger partial charge in [-0.1, -0.05) is 13.8 Å². The van der Waals surface area contributed by atoms with Crippen molar-refractivity contribution in [1.82, 2.24) is 9.80 Å². The number of nitrogens with two attached hydrogens (primary N) is 1. The first-order valence-corrected chi connectivity index (χ1v) is 6.83. The predicted octanol–water partition coefficient (Wildman–Crippen LogP) is 0.0505. The molecule has 0 saturated carbocycles. The van der Waals surface area contributed by atoms with Crippen molar-refractivity contribution in [2.45, 2.75) is 32.7 Å². The predicted molar refractivity (Wildman–Crippen MR) is 68.7 cm³/mol. The van der Waals surface area contributed by atoms with Gasteiger partial charge in [-0.05, 0) is 12.3 Å². The van der Waals surface area contributed by atoms with Crippen LogP contribution in [0.3, 0.4) is 0 Å². The van der Waals surface area contributed by atoms with E-state index in [9.17, 15) is 9.59 Å². The average Bonchev–Trinajstić information content (AvgIpc) is 2.71. The van der Waals surface area contributed by atoms with Crippen LogP contribution < -0.4 is 5.73 Å². The van der Waals surface area contributed by atoms with Crippen molar-refractivity contribution < 1.29 is 9.59 Å². The molecule has 2 amide bonds. The summed E-state index contributed by atoms with van der Waals surface area (Å²) >= 11 is 0. The van der Waals surface area contributed by atoms with Gasteiger partial charge in [-0.2, -0.15) is 0 Å². The Morgan fingerprint density at radius 1 is 1.44 bits per heavy atom. The highest BCUT2D eigenvalue weighted by molar-refractivity contribution is 5.81. The van der Waals surface area contributed by atoms with Gasteiger partial charge in [-0.25, -0.2) is 0 Å². The van der Waals surface area contributed by atoms with Crippen molar-refractivity contribution in [2.75, 3.05) is 26.2 Å². The van der Waals surface area contributed by atoms with Crippen molar-refractivity contribution >= 4 is 11.8 Å². The second kappa shape index (κ2) is 5.26. The van der Waals surface area contributed by atoms with Crippen molar-refractivity contribution in [3.63, 3.8) is 0 Å². The minimum absolute atomic E-state index is 0.0892. The molecule has 0 radical (unpaired) electrons. The van der Waals surface area contributed by atoms with Gasteiger partial charge in [-0.15, -0.1) is 0 Å². The summed E-state index contributed by atoms with van der Waals surface area (Å²) in [5.41, 5.74) is 5.70. The molecule has 5 heteroatoms. The fourth-order valence-electron chi connectivity index (χ4n) is 2.96. The van der Waals surface area contributed by atoms with Gasteiger partial charge < -0.3 is 15.5 Å². The number of amides is 2. The van der Waals surface area contributed by atoms with Crippen LogP contribution in [-0.2, 0) is 9.59 Å². The third-order valence-electron chi connectivity index (χ3n) is 4.18. The second-order valence-electron chi connectivity index (χ2n) is 5.65. The molecule has 2 aliphatic heterocycles. The molecule has 0 spiro atoms. The Morgan fingerprint density at radius 2 is 2.17 bits per heavy atom. The van der Waals surface area contributed by atoms with Crippen LogP contribution in [0, 0.1) is 11.8 Å². The van der Waals surface area contributed by atoms with E-state index < -0.39 is 0 Å². The van der Waals surface area contributed by atoms with E-state index in [-0.39, 0.29) is 29.7 Å². The van der Waals surface area contributed by atoms with Crippen LogP contribution in [0.4, 0.5) is 0 Å². The first-order valence-electron chi connectivity index (χ1n) is 6.83. The Hall–Kier alpha value is -1.10. The summed E-state index contributed by atoms with van der Waals surface area (Å²) in [5.74, 6) is 0.581. The Bertz CT molecular complexity index is 343. The maximum absolute atomic E-state index is 12.4. The van der Waals surface area contributed by atoms with Crippen LogP contribution in [-0.4, -0.2) is 53.8 Å². The SMILES string of the molecule is CC(C)C(CN)C(=O)N1CCN2C(=O)CCC2C1. The molecule has 2 atom stereocenters. The molecule has 0 aromatic rings. The van der Waals surface area contributed by atoms with Gasteiger partial charge in [0.15, 0.2) is 0 Å². The summed E-state index contributed by atoms with van der Waals surface area (Å²) in [6, 6.07) is 0.237. The van der Waals surface area contributed by atoms with Crippen molar-refractivity contribution in [1.29, 1.82) is 0 Å². The smallest absolute Gasteiger partial charge is 0.227 e. The van der Waals surface area contributed by atoms with Gasteiger partial charge in [0.25, 0.3) is 0 Å². The highest BCUT2D eigenvalue weighted by Crippen LogP contribution is 2.24. The van der Waals surface area contributed by atoms with E-state index in [1.807, 2.05) is 23.6 Å². The van der Waals surface area contributed by atoms with Crippen molar-refractivity contribution in [3.05, 3.63) is 0 Å². The zero-order chi connectivity index (χ0) is 13.3. The molecule has 0 aliphatic carbocycles. The molecule has 2 unspecified atom stereocenters. The Balaban J connectivity index is 1.99. The molecule has 0 bridgehead atoms. The van der Waals surface area contributed by atoms with Gasteiger partial charge in [0, 0.05) is 38.6 Å². The molecule has 102 valence electrons. The number of rotatable bonds is 3. The van der Waals surface area contributed by atoms with Gasteiger partial charge in [0.05, 0.1) is 5.92 Å². The topological polar surface area (TPSA) is 66.6 Å². The zero-order valence-electron chi connectivity index (χ0n) is 11.3. The first-order chi connectivity index (χ1) is 8.54. The van der Waals surface area contributed by atoms with E-state index in [0.29, 0.717) is 32.6 Å². The van der Waals surface area contributed by atoms with Gasteiger partial charge in [0.2, 0.25) is 11.8 Å². The van der Waals surface area contributed by atoms with E-state index in [0.717, 1.165) is 6.42 Å². The standard InChI is InChI=1S/C13H23N3O2/c1-9(2)11(7-14)13(18)15-5-6-16-10(8-15)3-4-12(16)17/h9-11H,3-8,14H2,1-2H3. The number of nitrogens with zero attached hydrogens (tertiary/aromatic N) is 2. The second-order valence-corrected chi connectivity index (χ2v) is 5.65. The van der Waals surface area contributed by atoms with Crippen LogP contribution in [0.1, 0.15) is 26.7 Å². The number of carbonyl (C=O) groups is 2. The highest BCUT2D eigenvalue weighted by atomic mass is 16.2. The molecule has 0 aromatic heterocycles. The molecule has 2 saturated heterocycles. The molecule has 5 nitrogen and oxygen atoms in total. The molecular weight excluding hydrogens is 230 g/mol. The molecule has 2 fully saturated rings. The fraction of sp³-hybridized carbons (Fsp3) is 0.846. The maximum Gasteiger partial charge on any atom is 0.227 e. The Morgan fingerprint density at radius 3 is 2.78 bits per heavy atom. The first kappa shape index (κ1) is 13.3. The number of hydrogen-bond donors (Lipinski definition) is 1. The lowest BCUT2D eigenvalue weighted by molar-refractivity contribution is -0.142.